The first kappa shape index (κ1) is 12.9. The van der Waals surface area contributed by atoms with E-state index in [2.05, 4.69) is 11.1 Å². The zero-order valence-corrected chi connectivity index (χ0v) is 11.0. The Balaban J connectivity index is 1.77. The van der Waals surface area contributed by atoms with Gasteiger partial charge in [0.05, 0.1) is 12.1 Å². The number of ether oxygens (including phenoxy) is 1. The van der Waals surface area contributed by atoms with Crippen LogP contribution in [0.1, 0.15) is 5.56 Å². The molecule has 0 aliphatic carbocycles. The van der Waals surface area contributed by atoms with Crippen LogP contribution in [-0.2, 0) is 6.54 Å². The lowest BCUT2D eigenvalue weighted by atomic mass is 10.2. The first-order valence-corrected chi connectivity index (χ1v) is 6.36. The van der Waals surface area contributed by atoms with Crippen LogP contribution in [0.2, 0.25) is 0 Å². The predicted molar refractivity (Wildman–Crippen MR) is 74.9 cm³/mol. The fraction of sp³-hybridized carbons (Fsp3) is 0.133. The molecule has 0 aliphatic heterocycles. The molecule has 3 rings (SSSR count). The maximum atomic E-state index is 11.8. The molecule has 0 saturated heterocycles. The van der Waals surface area contributed by atoms with Crippen LogP contribution in [0.4, 0.5) is 0 Å². The van der Waals surface area contributed by atoms with Gasteiger partial charge in [-0.3, -0.25) is 4.57 Å². The molecule has 0 spiro atoms. The molecule has 0 radical (unpaired) electrons. The number of hydrogen-bond acceptors (Lipinski definition) is 5. The minimum Gasteiger partial charge on any atom is -0.490 e. The third-order valence-electron chi connectivity index (χ3n) is 3.00. The van der Waals surface area contributed by atoms with Gasteiger partial charge < -0.3 is 9.15 Å². The molecule has 6 heteroatoms. The van der Waals surface area contributed by atoms with Gasteiger partial charge in [0.2, 0.25) is 0 Å². The molecule has 0 fully saturated rings. The van der Waals surface area contributed by atoms with E-state index in [1.807, 2.05) is 0 Å². The zero-order valence-electron chi connectivity index (χ0n) is 11.0. The number of aromatic nitrogens is 2. The third kappa shape index (κ3) is 2.49. The summed E-state index contributed by atoms with van der Waals surface area (Å²) in [5.41, 5.74) is 1.39. The van der Waals surface area contributed by atoms with Crippen molar-refractivity contribution in [3.63, 3.8) is 0 Å². The summed E-state index contributed by atoms with van der Waals surface area (Å²) in [6.45, 7) is 0.534. The van der Waals surface area contributed by atoms with E-state index < -0.39 is 5.76 Å². The van der Waals surface area contributed by atoms with Crippen LogP contribution in [-0.4, -0.2) is 16.2 Å². The number of fused-ring (bicyclic) bond motifs is 1. The Labute approximate surface area is 119 Å². The molecular weight excluding hydrogens is 270 g/mol. The Morgan fingerprint density at radius 3 is 3.00 bits per heavy atom. The smallest absolute Gasteiger partial charge is 0.421 e. The number of para-hydroxylation sites is 1. The minimum atomic E-state index is -0.471. The van der Waals surface area contributed by atoms with Gasteiger partial charge in [-0.1, -0.05) is 12.1 Å². The fourth-order valence-electron chi connectivity index (χ4n) is 2.03. The van der Waals surface area contributed by atoms with Crippen LogP contribution in [0.25, 0.3) is 11.2 Å². The van der Waals surface area contributed by atoms with E-state index in [-0.39, 0.29) is 6.61 Å². The normalized spacial score (nSPS) is 10.4. The Bertz CT molecular complexity index is 873. The lowest BCUT2D eigenvalue weighted by Crippen LogP contribution is -2.19. The first-order chi connectivity index (χ1) is 10.3. The molecule has 2 aromatic heterocycles. The second-order valence-electron chi connectivity index (χ2n) is 4.30. The van der Waals surface area contributed by atoms with Gasteiger partial charge in [0, 0.05) is 6.20 Å². The summed E-state index contributed by atoms with van der Waals surface area (Å²) in [7, 11) is 0. The molecule has 104 valence electrons. The van der Waals surface area contributed by atoms with Crippen LogP contribution < -0.4 is 10.5 Å². The Kier molecular flexibility index (Phi) is 3.39. The number of hydrogen-bond donors (Lipinski definition) is 0. The Morgan fingerprint density at radius 1 is 1.29 bits per heavy atom. The largest absolute Gasteiger partial charge is 0.490 e. The van der Waals surface area contributed by atoms with Crippen molar-refractivity contribution in [3.05, 3.63) is 58.7 Å². The molecule has 3 aromatic rings. The molecule has 2 heterocycles. The van der Waals surface area contributed by atoms with Crippen molar-refractivity contribution in [2.45, 2.75) is 6.54 Å². The summed E-state index contributed by atoms with van der Waals surface area (Å²) < 4.78 is 12.0. The summed E-state index contributed by atoms with van der Waals surface area (Å²) in [6.07, 6.45) is 1.60. The average molecular weight is 281 g/mol. The standard InChI is InChI=1S/C15H11N3O3/c16-10-11-4-1-2-5-12(11)20-9-8-18-14-13(21-15(18)19)6-3-7-17-14/h1-7H,8-9H2. The van der Waals surface area contributed by atoms with Crippen molar-refractivity contribution in [2.75, 3.05) is 6.61 Å². The lowest BCUT2D eigenvalue weighted by molar-refractivity contribution is 0.293. The highest BCUT2D eigenvalue weighted by Crippen LogP contribution is 2.16. The maximum Gasteiger partial charge on any atom is 0.421 e. The van der Waals surface area contributed by atoms with E-state index in [0.717, 1.165) is 0 Å². The van der Waals surface area contributed by atoms with Gasteiger partial charge >= 0.3 is 5.76 Å². The molecule has 21 heavy (non-hydrogen) atoms. The number of pyridine rings is 1. The van der Waals surface area contributed by atoms with Gasteiger partial charge in [-0.05, 0) is 24.3 Å². The Morgan fingerprint density at radius 2 is 2.14 bits per heavy atom. The summed E-state index contributed by atoms with van der Waals surface area (Å²) in [4.78, 5) is 15.9. The van der Waals surface area contributed by atoms with Crippen LogP contribution in [0.5, 0.6) is 5.75 Å². The monoisotopic (exact) mass is 281 g/mol. The van der Waals surface area contributed by atoms with E-state index in [1.54, 1.807) is 42.6 Å². The van der Waals surface area contributed by atoms with Crippen LogP contribution in [0, 0.1) is 11.3 Å². The van der Waals surface area contributed by atoms with E-state index >= 15 is 0 Å². The second-order valence-corrected chi connectivity index (χ2v) is 4.30. The van der Waals surface area contributed by atoms with Crippen LogP contribution in [0.15, 0.2) is 51.8 Å². The number of nitrogens with zero attached hydrogens (tertiary/aromatic N) is 3. The van der Waals surface area contributed by atoms with E-state index in [4.69, 9.17) is 14.4 Å². The molecule has 6 nitrogen and oxygen atoms in total. The van der Waals surface area contributed by atoms with Crippen LogP contribution >= 0.6 is 0 Å². The van der Waals surface area contributed by atoms with Gasteiger partial charge in [-0.2, -0.15) is 5.26 Å². The van der Waals surface area contributed by atoms with E-state index in [0.29, 0.717) is 29.1 Å². The molecule has 0 aliphatic rings. The minimum absolute atomic E-state index is 0.240. The molecule has 0 bridgehead atoms. The molecule has 0 amide bonds. The number of nitriles is 1. The van der Waals surface area contributed by atoms with Crippen molar-refractivity contribution in [1.29, 1.82) is 5.26 Å². The van der Waals surface area contributed by atoms with Gasteiger partial charge in [0.15, 0.2) is 11.2 Å². The van der Waals surface area contributed by atoms with Crippen molar-refractivity contribution in [1.82, 2.24) is 9.55 Å². The first-order valence-electron chi connectivity index (χ1n) is 6.36. The highest BCUT2D eigenvalue weighted by atomic mass is 16.5. The van der Waals surface area contributed by atoms with Crippen molar-refractivity contribution in [3.8, 4) is 11.8 Å². The fourth-order valence-corrected chi connectivity index (χ4v) is 2.03. The second kappa shape index (κ2) is 5.51. The predicted octanol–water partition coefficient (Wildman–Crippen LogP) is 1.94. The highest BCUT2D eigenvalue weighted by Gasteiger charge is 2.10. The third-order valence-corrected chi connectivity index (χ3v) is 3.00. The van der Waals surface area contributed by atoms with E-state index in [9.17, 15) is 4.79 Å². The number of rotatable bonds is 4. The summed E-state index contributed by atoms with van der Waals surface area (Å²) in [6, 6.07) is 12.4. The van der Waals surface area contributed by atoms with Gasteiger partial charge in [0.1, 0.15) is 18.4 Å². The summed E-state index contributed by atoms with van der Waals surface area (Å²) in [5, 5.41) is 8.98. The number of benzene rings is 1. The SMILES string of the molecule is N#Cc1ccccc1OCCn1c(=O)oc2cccnc21. The molecule has 1 aromatic carbocycles. The molecule has 0 unspecified atom stereocenters. The molecular formula is C15H11N3O3. The van der Waals surface area contributed by atoms with Crippen molar-refractivity contribution in [2.24, 2.45) is 0 Å². The topological polar surface area (TPSA) is 81.0 Å². The molecule has 0 N–H and O–H groups in total. The highest BCUT2D eigenvalue weighted by molar-refractivity contribution is 5.67. The lowest BCUT2D eigenvalue weighted by Gasteiger charge is -2.07. The zero-order chi connectivity index (χ0) is 14.7. The summed E-state index contributed by atoms with van der Waals surface area (Å²) >= 11 is 0. The Hall–Kier alpha value is -3.07. The number of oxazole rings is 1. The van der Waals surface area contributed by atoms with Gasteiger partial charge in [-0.25, -0.2) is 9.78 Å². The quantitative estimate of drug-likeness (QED) is 0.730. The molecule has 0 atom stereocenters. The summed E-state index contributed by atoms with van der Waals surface area (Å²) in [5.74, 6) is 0.0228. The van der Waals surface area contributed by atoms with Crippen molar-refractivity contribution >= 4 is 11.2 Å². The van der Waals surface area contributed by atoms with E-state index in [1.165, 1.54) is 4.57 Å². The van der Waals surface area contributed by atoms with Crippen LogP contribution in [0.3, 0.4) is 0 Å². The van der Waals surface area contributed by atoms with Crippen molar-refractivity contribution < 1.29 is 9.15 Å². The molecule has 0 saturated carbocycles. The van der Waals surface area contributed by atoms with Gasteiger partial charge in [0.25, 0.3) is 0 Å². The van der Waals surface area contributed by atoms with Gasteiger partial charge in [-0.15, -0.1) is 0 Å². The average Bonchev–Trinajstić information content (AvgIpc) is 2.84. The maximum absolute atomic E-state index is 11.8.